The molecule has 110 valence electrons. The van der Waals surface area contributed by atoms with Crippen LogP contribution >= 0.6 is 46.4 Å². The molecule has 0 aliphatic carbocycles. The average molecular weight is 364 g/mol. The third kappa shape index (κ3) is 3.74. The molecule has 0 aliphatic rings. The van der Waals surface area contributed by atoms with Crippen LogP contribution in [0, 0.1) is 0 Å². The molecular weight excluding hydrogens is 354 g/mol. The Hall–Kier alpha value is -1.13. The van der Waals surface area contributed by atoms with E-state index in [2.05, 4.69) is 5.32 Å². The van der Waals surface area contributed by atoms with Gasteiger partial charge in [-0.25, -0.2) is 0 Å². The minimum atomic E-state index is -0.534. The fourth-order valence-corrected chi connectivity index (χ4v) is 2.59. The molecule has 0 aromatic heterocycles. The van der Waals surface area contributed by atoms with Crippen LogP contribution in [0.2, 0.25) is 20.1 Å². The van der Waals surface area contributed by atoms with E-state index in [-0.39, 0.29) is 0 Å². The van der Waals surface area contributed by atoms with Gasteiger partial charge in [0.2, 0.25) is 5.91 Å². The number of hydrogen-bond acceptors (Lipinski definition) is 2. The van der Waals surface area contributed by atoms with Crippen molar-refractivity contribution in [1.82, 2.24) is 0 Å². The molecule has 0 spiro atoms. The highest BCUT2D eigenvalue weighted by Gasteiger charge is 2.11. The van der Waals surface area contributed by atoms with E-state index < -0.39 is 5.91 Å². The van der Waals surface area contributed by atoms with Gasteiger partial charge in [-0.2, -0.15) is 0 Å². The number of rotatable bonds is 4. The Bertz CT molecular complexity index is 704. The lowest BCUT2D eigenvalue weighted by Gasteiger charge is -2.12. The van der Waals surface area contributed by atoms with Gasteiger partial charge in [0.25, 0.3) is 0 Å². The van der Waals surface area contributed by atoms with Crippen LogP contribution in [0.4, 0.5) is 5.69 Å². The Morgan fingerprint density at radius 2 is 1.62 bits per heavy atom. The Morgan fingerprint density at radius 3 is 2.29 bits per heavy atom. The molecule has 2 rings (SSSR count). The third-order valence-corrected chi connectivity index (χ3v) is 4.37. The third-order valence-electron chi connectivity index (χ3n) is 2.85. The van der Waals surface area contributed by atoms with E-state index in [1.54, 1.807) is 30.3 Å². The van der Waals surface area contributed by atoms with Crippen molar-refractivity contribution >= 4 is 58.0 Å². The SMILES string of the molecule is NC(=O)c1ccc(Cl)c(NCc2c(Cl)ccc(Cl)c2Cl)c1. The molecule has 0 unspecified atom stereocenters. The summed E-state index contributed by atoms with van der Waals surface area (Å²) in [5, 5.41) is 4.79. The fourth-order valence-electron chi connectivity index (χ4n) is 1.73. The molecule has 2 aromatic rings. The number of nitrogens with one attached hydrogen (secondary N) is 1. The Balaban J connectivity index is 2.26. The van der Waals surface area contributed by atoms with Crippen molar-refractivity contribution in [3.05, 3.63) is 61.5 Å². The van der Waals surface area contributed by atoms with E-state index in [9.17, 15) is 4.79 Å². The predicted molar refractivity (Wildman–Crippen MR) is 88.8 cm³/mol. The predicted octanol–water partition coefficient (Wildman–Crippen LogP) is 5.01. The van der Waals surface area contributed by atoms with Gasteiger partial charge < -0.3 is 11.1 Å². The van der Waals surface area contributed by atoms with Gasteiger partial charge in [0.1, 0.15) is 0 Å². The standard InChI is InChI=1S/C14H10Cl4N2O/c15-9-3-4-11(17)13(18)8(9)6-20-12-5-7(14(19)21)1-2-10(12)16/h1-5,20H,6H2,(H2,19,21). The van der Waals surface area contributed by atoms with E-state index in [0.717, 1.165) is 0 Å². The first-order valence-corrected chi connectivity index (χ1v) is 7.37. The number of primary amides is 1. The summed E-state index contributed by atoms with van der Waals surface area (Å²) in [5.41, 5.74) is 6.79. The van der Waals surface area contributed by atoms with E-state index >= 15 is 0 Å². The lowest BCUT2D eigenvalue weighted by Crippen LogP contribution is -2.11. The summed E-state index contributed by atoms with van der Waals surface area (Å²) >= 11 is 24.3. The Kier molecular flexibility index (Phi) is 5.22. The van der Waals surface area contributed by atoms with Crippen LogP contribution in [0.25, 0.3) is 0 Å². The first kappa shape index (κ1) is 16.2. The zero-order valence-corrected chi connectivity index (χ0v) is 13.6. The van der Waals surface area contributed by atoms with Gasteiger partial charge >= 0.3 is 0 Å². The number of carbonyl (C=O) groups is 1. The van der Waals surface area contributed by atoms with Gasteiger partial charge in [-0.3, -0.25) is 4.79 Å². The molecule has 0 radical (unpaired) electrons. The molecule has 7 heteroatoms. The first-order valence-electron chi connectivity index (χ1n) is 5.85. The van der Waals surface area contributed by atoms with Gasteiger partial charge in [0.15, 0.2) is 0 Å². The monoisotopic (exact) mass is 362 g/mol. The number of amides is 1. The van der Waals surface area contributed by atoms with Crippen molar-refractivity contribution < 1.29 is 4.79 Å². The molecule has 0 aliphatic heterocycles. The number of halogens is 4. The summed E-state index contributed by atoms with van der Waals surface area (Å²) in [7, 11) is 0. The molecule has 3 N–H and O–H groups in total. The zero-order valence-electron chi connectivity index (χ0n) is 10.6. The first-order chi connectivity index (χ1) is 9.90. The molecule has 1 amide bonds. The van der Waals surface area contributed by atoms with Crippen molar-refractivity contribution in [3.63, 3.8) is 0 Å². The maximum absolute atomic E-state index is 11.2. The van der Waals surface area contributed by atoms with Crippen molar-refractivity contribution in [2.75, 3.05) is 5.32 Å². The van der Waals surface area contributed by atoms with Crippen LogP contribution < -0.4 is 11.1 Å². The second-order valence-corrected chi connectivity index (χ2v) is 5.83. The van der Waals surface area contributed by atoms with E-state index in [4.69, 9.17) is 52.1 Å². The number of anilines is 1. The van der Waals surface area contributed by atoms with Gasteiger partial charge in [0, 0.05) is 22.7 Å². The highest BCUT2D eigenvalue weighted by molar-refractivity contribution is 6.44. The lowest BCUT2D eigenvalue weighted by molar-refractivity contribution is 0.100. The normalized spacial score (nSPS) is 10.5. The van der Waals surface area contributed by atoms with Gasteiger partial charge in [0.05, 0.1) is 20.8 Å². The summed E-state index contributed by atoms with van der Waals surface area (Å²) in [6.07, 6.45) is 0. The van der Waals surface area contributed by atoms with E-state index in [1.165, 1.54) is 0 Å². The highest BCUT2D eigenvalue weighted by Crippen LogP contribution is 2.32. The van der Waals surface area contributed by atoms with Crippen LogP contribution in [0.3, 0.4) is 0 Å². The van der Waals surface area contributed by atoms with Crippen molar-refractivity contribution in [3.8, 4) is 0 Å². The Morgan fingerprint density at radius 1 is 1.00 bits per heavy atom. The summed E-state index contributed by atoms with van der Waals surface area (Å²) in [6.45, 7) is 0.306. The number of benzene rings is 2. The summed E-state index contributed by atoms with van der Waals surface area (Å²) in [6, 6.07) is 7.99. The maximum atomic E-state index is 11.2. The number of hydrogen-bond donors (Lipinski definition) is 2. The quantitative estimate of drug-likeness (QED) is 0.750. The molecule has 0 saturated carbocycles. The van der Waals surface area contributed by atoms with Crippen LogP contribution in [-0.2, 0) is 6.54 Å². The molecular formula is C14H10Cl4N2O. The summed E-state index contributed by atoms with van der Waals surface area (Å²) in [5.74, 6) is -0.534. The molecule has 3 nitrogen and oxygen atoms in total. The second-order valence-electron chi connectivity index (χ2n) is 4.23. The number of carbonyl (C=O) groups excluding carboxylic acids is 1. The largest absolute Gasteiger partial charge is 0.380 e. The molecule has 0 heterocycles. The smallest absolute Gasteiger partial charge is 0.248 e. The van der Waals surface area contributed by atoms with Crippen molar-refractivity contribution in [2.45, 2.75) is 6.54 Å². The van der Waals surface area contributed by atoms with E-state index in [0.29, 0.717) is 43.4 Å². The summed E-state index contributed by atoms with van der Waals surface area (Å²) < 4.78 is 0. The molecule has 0 atom stereocenters. The Labute approximate surface area is 141 Å². The minimum absolute atomic E-state index is 0.306. The molecule has 0 bridgehead atoms. The van der Waals surface area contributed by atoms with E-state index in [1.807, 2.05) is 0 Å². The lowest BCUT2D eigenvalue weighted by atomic mass is 10.1. The van der Waals surface area contributed by atoms with Gasteiger partial charge in [-0.05, 0) is 30.3 Å². The summed E-state index contributed by atoms with van der Waals surface area (Å²) in [4.78, 5) is 11.2. The van der Waals surface area contributed by atoms with Crippen molar-refractivity contribution in [1.29, 1.82) is 0 Å². The molecule has 21 heavy (non-hydrogen) atoms. The van der Waals surface area contributed by atoms with Gasteiger partial charge in [-0.1, -0.05) is 46.4 Å². The zero-order chi connectivity index (χ0) is 15.6. The fraction of sp³-hybridized carbons (Fsp3) is 0.0714. The van der Waals surface area contributed by atoms with Crippen molar-refractivity contribution in [2.24, 2.45) is 5.73 Å². The average Bonchev–Trinajstić information content (AvgIpc) is 2.44. The molecule has 0 saturated heterocycles. The van der Waals surface area contributed by atoms with Gasteiger partial charge in [-0.15, -0.1) is 0 Å². The molecule has 0 fully saturated rings. The minimum Gasteiger partial charge on any atom is -0.380 e. The maximum Gasteiger partial charge on any atom is 0.248 e. The second kappa shape index (κ2) is 6.75. The van der Waals surface area contributed by atoms with Crippen LogP contribution in [-0.4, -0.2) is 5.91 Å². The highest BCUT2D eigenvalue weighted by atomic mass is 35.5. The van der Waals surface area contributed by atoms with Crippen LogP contribution in [0.5, 0.6) is 0 Å². The van der Waals surface area contributed by atoms with Crippen LogP contribution in [0.1, 0.15) is 15.9 Å². The molecule has 2 aromatic carbocycles. The topological polar surface area (TPSA) is 55.1 Å². The van der Waals surface area contributed by atoms with Crippen LogP contribution in [0.15, 0.2) is 30.3 Å². The number of nitrogens with two attached hydrogens (primary N) is 1.